The maximum Gasteiger partial charge on any atom is 0.234 e. The molecule has 130 valence electrons. The minimum atomic E-state index is -0.221. The van der Waals surface area contributed by atoms with Crippen LogP contribution in [0.1, 0.15) is 31.4 Å². The third-order valence-electron chi connectivity index (χ3n) is 5.57. The van der Waals surface area contributed by atoms with Crippen LogP contribution in [0.3, 0.4) is 0 Å². The second kappa shape index (κ2) is 6.96. The van der Waals surface area contributed by atoms with Crippen LogP contribution in [0.2, 0.25) is 0 Å². The number of benzene rings is 1. The third-order valence-corrected chi connectivity index (χ3v) is 5.57. The van der Waals surface area contributed by atoms with Crippen LogP contribution in [-0.2, 0) is 11.3 Å². The fourth-order valence-electron chi connectivity index (χ4n) is 4.39. The molecule has 0 N–H and O–H groups in total. The largest absolute Gasteiger partial charge is 0.312 e. The number of aromatic nitrogens is 1. The number of carbonyl (C=O) groups excluding carboxylic acids is 1. The molecule has 4 heteroatoms. The maximum atomic E-state index is 13.4. The van der Waals surface area contributed by atoms with E-state index >= 15 is 0 Å². The first kappa shape index (κ1) is 16.3. The Balaban J connectivity index is 1.52. The molecule has 4 rings (SSSR count). The van der Waals surface area contributed by atoms with Crippen molar-refractivity contribution in [1.82, 2.24) is 9.88 Å². The van der Waals surface area contributed by atoms with Gasteiger partial charge in [-0.05, 0) is 56.5 Å². The maximum absolute atomic E-state index is 13.4. The summed E-state index contributed by atoms with van der Waals surface area (Å²) in [4.78, 5) is 22.3. The molecule has 2 aliphatic heterocycles. The topological polar surface area (TPSA) is 36.4 Å². The average Bonchev–Trinajstić information content (AvgIpc) is 2.66. The van der Waals surface area contributed by atoms with Gasteiger partial charge in [0.1, 0.15) is 0 Å². The van der Waals surface area contributed by atoms with Crippen molar-refractivity contribution in [3.63, 3.8) is 0 Å². The van der Waals surface area contributed by atoms with Crippen molar-refractivity contribution in [2.75, 3.05) is 24.5 Å². The molecule has 1 aromatic heterocycles. The van der Waals surface area contributed by atoms with Gasteiger partial charge in [0.15, 0.2) is 0 Å². The van der Waals surface area contributed by atoms with Crippen LogP contribution in [-0.4, -0.2) is 35.4 Å². The van der Waals surface area contributed by atoms with E-state index in [1.807, 2.05) is 53.6 Å². The molecule has 0 saturated carbocycles. The molecule has 1 aromatic carbocycles. The van der Waals surface area contributed by atoms with Crippen molar-refractivity contribution >= 4 is 11.6 Å². The Labute approximate surface area is 149 Å². The molecule has 4 nitrogen and oxygen atoms in total. The van der Waals surface area contributed by atoms with E-state index in [2.05, 4.69) is 16.0 Å². The summed E-state index contributed by atoms with van der Waals surface area (Å²) in [5, 5.41) is 0. The molecule has 25 heavy (non-hydrogen) atoms. The molecule has 0 radical (unpaired) electrons. The van der Waals surface area contributed by atoms with Gasteiger partial charge in [0, 0.05) is 31.5 Å². The Morgan fingerprint density at radius 1 is 0.960 bits per heavy atom. The lowest BCUT2D eigenvalue weighted by Crippen LogP contribution is -2.56. The van der Waals surface area contributed by atoms with Gasteiger partial charge >= 0.3 is 0 Å². The van der Waals surface area contributed by atoms with Crippen LogP contribution < -0.4 is 4.90 Å². The van der Waals surface area contributed by atoms with Gasteiger partial charge in [-0.25, -0.2) is 0 Å². The zero-order chi connectivity index (χ0) is 17.1. The Bertz CT molecular complexity index is 714. The zero-order valence-electron chi connectivity index (χ0n) is 14.6. The van der Waals surface area contributed by atoms with Crippen LogP contribution in [0.25, 0.3) is 0 Å². The number of likely N-dealkylation sites (tertiary alicyclic amines) is 1. The van der Waals surface area contributed by atoms with E-state index in [0.29, 0.717) is 5.91 Å². The first-order valence-corrected chi connectivity index (χ1v) is 9.26. The summed E-state index contributed by atoms with van der Waals surface area (Å²) < 4.78 is 0. The molecule has 0 bridgehead atoms. The Hall–Kier alpha value is -2.20. The van der Waals surface area contributed by atoms with E-state index in [1.165, 1.54) is 0 Å². The van der Waals surface area contributed by atoms with Gasteiger partial charge < -0.3 is 4.90 Å². The number of para-hydroxylation sites is 1. The van der Waals surface area contributed by atoms with Gasteiger partial charge in [-0.2, -0.15) is 0 Å². The van der Waals surface area contributed by atoms with Crippen molar-refractivity contribution in [3.05, 3.63) is 60.4 Å². The molecular formula is C21H25N3O. The first-order valence-electron chi connectivity index (χ1n) is 9.26. The molecule has 1 atom stereocenters. The normalized spacial score (nSPS) is 24.6. The Kier molecular flexibility index (Phi) is 4.53. The predicted molar refractivity (Wildman–Crippen MR) is 99.2 cm³/mol. The molecule has 1 amide bonds. The molecular weight excluding hydrogens is 310 g/mol. The number of hydrogen-bond acceptors (Lipinski definition) is 3. The highest BCUT2D eigenvalue weighted by Gasteiger charge is 2.46. The number of rotatable bonds is 3. The van der Waals surface area contributed by atoms with Gasteiger partial charge in [0.05, 0.1) is 11.1 Å². The summed E-state index contributed by atoms with van der Waals surface area (Å²) in [7, 11) is 0. The Morgan fingerprint density at radius 2 is 1.72 bits per heavy atom. The standard InChI is InChI=1S/C21H25N3O/c25-20-21(12-7-15-24(20)19-9-2-1-3-10-19)11-6-14-23(17-21)16-18-8-4-5-13-22-18/h1-5,8-10,13H,6-7,11-12,14-17H2. The Morgan fingerprint density at radius 3 is 2.48 bits per heavy atom. The first-order chi connectivity index (χ1) is 12.3. The molecule has 3 heterocycles. The number of pyridine rings is 1. The molecule has 2 fully saturated rings. The fourth-order valence-corrected chi connectivity index (χ4v) is 4.39. The third kappa shape index (κ3) is 3.31. The highest BCUT2D eigenvalue weighted by Crippen LogP contribution is 2.41. The van der Waals surface area contributed by atoms with Crippen molar-refractivity contribution < 1.29 is 4.79 Å². The van der Waals surface area contributed by atoms with E-state index in [0.717, 1.165) is 63.2 Å². The molecule has 1 unspecified atom stereocenters. The van der Waals surface area contributed by atoms with Crippen LogP contribution in [0.5, 0.6) is 0 Å². The second-order valence-electron chi connectivity index (χ2n) is 7.31. The van der Waals surface area contributed by atoms with Crippen molar-refractivity contribution in [2.24, 2.45) is 5.41 Å². The number of amides is 1. The highest BCUT2D eigenvalue weighted by atomic mass is 16.2. The van der Waals surface area contributed by atoms with E-state index in [1.54, 1.807) is 0 Å². The molecule has 2 aromatic rings. The summed E-state index contributed by atoms with van der Waals surface area (Å²) in [5.41, 5.74) is 1.90. The van der Waals surface area contributed by atoms with E-state index < -0.39 is 0 Å². The number of hydrogen-bond donors (Lipinski definition) is 0. The van der Waals surface area contributed by atoms with E-state index in [9.17, 15) is 4.79 Å². The van der Waals surface area contributed by atoms with E-state index in [4.69, 9.17) is 0 Å². The number of nitrogens with zero attached hydrogens (tertiary/aromatic N) is 3. The van der Waals surface area contributed by atoms with Crippen molar-refractivity contribution in [3.8, 4) is 0 Å². The summed E-state index contributed by atoms with van der Waals surface area (Å²) in [6.07, 6.45) is 6.03. The quantitative estimate of drug-likeness (QED) is 0.861. The van der Waals surface area contributed by atoms with Gasteiger partial charge in [-0.15, -0.1) is 0 Å². The lowest BCUT2D eigenvalue weighted by Gasteiger charge is -2.47. The smallest absolute Gasteiger partial charge is 0.234 e. The highest BCUT2D eigenvalue weighted by molar-refractivity contribution is 5.98. The minimum Gasteiger partial charge on any atom is -0.312 e. The molecule has 2 aliphatic rings. The van der Waals surface area contributed by atoms with Gasteiger partial charge in [0.2, 0.25) is 5.91 Å². The van der Waals surface area contributed by atoms with Gasteiger partial charge in [0.25, 0.3) is 0 Å². The second-order valence-corrected chi connectivity index (χ2v) is 7.31. The number of anilines is 1. The van der Waals surface area contributed by atoms with Crippen LogP contribution in [0, 0.1) is 5.41 Å². The van der Waals surface area contributed by atoms with Gasteiger partial charge in [-0.1, -0.05) is 24.3 Å². The number of carbonyl (C=O) groups is 1. The lowest BCUT2D eigenvalue weighted by atomic mass is 9.72. The van der Waals surface area contributed by atoms with Crippen molar-refractivity contribution in [2.45, 2.75) is 32.2 Å². The summed E-state index contributed by atoms with van der Waals surface area (Å²) >= 11 is 0. The summed E-state index contributed by atoms with van der Waals surface area (Å²) in [6, 6.07) is 16.2. The monoisotopic (exact) mass is 335 g/mol. The summed E-state index contributed by atoms with van der Waals surface area (Å²) in [6.45, 7) is 3.58. The fraction of sp³-hybridized carbons (Fsp3) is 0.429. The van der Waals surface area contributed by atoms with Crippen molar-refractivity contribution in [1.29, 1.82) is 0 Å². The lowest BCUT2D eigenvalue weighted by molar-refractivity contribution is -0.134. The van der Waals surface area contributed by atoms with Gasteiger partial charge in [-0.3, -0.25) is 14.7 Å². The average molecular weight is 335 g/mol. The number of piperidine rings is 2. The van der Waals surface area contributed by atoms with Crippen LogP contribution >= 0.6 is 0 Å². The zero-order valence-corrected chi connectivity index (χ0v) is 14.6. The minimum absolute atomic E-state index is 0.221. The molecule has 0 aliphatic carbocycles. The summed E-state index contributed by atoms with van der Waals surface area (Å²) in [5.74, 6) is 0.315. The predicted octanol–water partition coefficient (Wildman–Crippen LogP) is 3.49. The van der Waals surface area contributed by atoms with E-state index in [-0.39, 0.29) is 5.41 Å². The van der Waals surface area contributed by atoms with Crippen LogP contribution in [0.4, 0.5) is 5.69 Å². The molecule has 2 saturated heterocycles. The SMILES string of the molecule is O=C1N(c2ccccc2)CCCC12CCCN(Cc1ccccn1)C2. The molecule has 1 spiro atoms. The van der Waals surface area contributed by atoms with Crippen LogP contribution in [0.15, 0.2) is 54.7 Å².